The number of ether oxygens (including phenoxy) is 2. The summed E-state index contributed by atoms with van der Waals surface area (Å²) in [6.45, 7) is 2.21. The number of fused-ring (bicyclic) bond motifs is 1. The molecule has 0 amide bonds. The van der Waals surface area contributed by atoms with Crippen molar-refractivity contribution in [2.45, 2.75) is 6.92 Å². The van der Waals surface area contributed by atoms with E-state index >= 15 is 0 Å². The molecule has 0 N–H and O–H groups in total. The number of rotatable bonds is 1. The minimum absolute atomic E-state index is 0.152. The van der Waals surface area contributed by atoms with Gasteiger partial charge in [-0.2, -0.15) is 0 Å². The predicted octanol–water partition coefficient (Wildman–Crippen LogP) is 1.99. The molecule has 88 valence electrons. The molecule has 0 saturated carbocycles. The van der Waals surface area contributed by atoms with E-state index in [1.165, 1.54) is 19.3 Å². The summed E-state index contributed by atoms with van der Waals surface area (Å²) < 4.78 is 10.1. The first kappa shape index (κ1) is 11.4. The summed E-state index contributed by atoms with van der Waals surface area (Å²) in [4.78, 5) is 23.2. The number of allylic oxidation sites excluding steroid dienone is 1. The maximum absolute atomic E-state index is 11.9. The molecule has 0 radical (unpaired) electrons. The van der Waals surface area contributed by atoms with Crippen molar-refractivity contribution >= 4 is 11.8 Å². The summed E-state index contributed by atoms with van der Waals surface area (Å²) in [6.07, 6.45) is 1.52. The summed E-state index contributed by atoms with van der Waals surface area (Å²) in [5, 5.41) is 0. The average molecular weight is 232 g/mol. The summed E-state index contributed by atoms with van der Waals surface area (Å²) in [6, 6.07) is 4.70. The molecule has 1 aromatic rings. The topological polar surface area (TPSA) is 52.6 Å². The van der Waals surface area contributed by atoms with Crippen LogP contribution in [0.2, 0.25) is 0 Å². The van der Waals surface area contributed by atoms with Gasteiger partial charge in [-0.05, 0) is 36.8 Å². The molecule has 1 aliphatic rings. The Hall–Kier alpha value is -2.10. The van der Waals surface area contributed by atoms with Gasteiger partial charge in [0.05, 0.1) is 18.2 Å². The zero-order valence-corrected chi connectivity index (χ0v) is 9.65. The first-order valence-corrected chi connectivity index (χ1v) is 5.18. The number of ketones is 1. The van der Waals surface area contributed by atoms with Gasteiger partial charge in [0.25, 0.3) is 0 Å². The zero-order chi connectivity index (χ0) is 12.4. The smallest absolute Gasteiger partial charge is 0.337 e. The molecule has 0 bridgehead atoms. The quantitative estimate of drug-likeness (QED) is 0.695. The van der Waals surface area contributed by atoms with Crippen LogP contribution in [0.15, 0.2) is 29.8 Å². The lowest BCUT2D eigenvalue weighted by molar-refractivity contribution is 0.0600. The Labute approximate surface area is 98.8 Å². The second-order valence-electron chi connectivity index (χ2n) is 3.85. The van der Waals surface area contributed by atoms with Gasteiger partial charge < -0.3 is 9.47 Å². The highest BCUT2D eigenvalue weighted by molar-refractivity contribution is 6.08. The molecular formula is C13H12O4. The van der Waals surface area contributed by atoms with Gasteiger partial charge in [-0.3, -0.25) is 4.79 Å². The van der Waals surface area contributed by atoms with E-state index in [9.17, 15) is 9.59 Å². The Balaban J connectivity index is 2.47. The first-order chi connectivity index (χ1) is 8.11. The molecule has 4 nitrogen and oxygen atoms in total. The summed E-state index contributed by atoms with van der Waals surface area (Å²) in [7, 11) is 1.30. The molecule has 0 aromatic heterocycles. The second-order valence-corrected chi connectivity index (χ2v) is 3.85. The lowest BCUT2D eigenvalue weighted by atomic mass is 10.1. The predicted molar refractivity (Wildman–Crippen MR) is 61.4 cm³/mol. The molecule has 0 atom stereocenters. The van der Waals surface area contributed by atoms with E-state index in [0.29, 0.717) is 23.5 Å². The fraction of sp³-hybridized carbons (Fsp3) is 0.231. The van der Waals surface area contributed by atoms with Crippen molar-refractivity contribution in [3.8, 4) is 5.75 Å². The van der Waals surface area contributed by atoms with Crippen molar-refractivity contribution in [2.24, 2.45) is 0 Å². The third-order valence-electron chi connectivity index (χ3n) is 2.50. The van der Waals surface area contributed by atoms with Gasteiger partial charge in [0, 0.05) is 0 Å². The Morgan fingerprint density at radius 2 is 2.18 bits per heavy atom. The second kappa shape index (κ2) is 4.41. The Morgan fingerprint density at radius 1 is 1.41 bits per heavy atom. The average Bonchev–Trinajstić information content (AvgIpc) is 2.48. The van der Waals surface area contributed by atoms with E-state index in [0.717, 1.165) is 5.57 Å². The van der Waals surface area contributed by atoms with Crippen molar-refractivity contribution in [3.63, 3.8) is 0 Å². The maximum Gasteiger partial charge on any atom is 0.337 e. The number of esters is 1. The van der Waals surface area contributed by atoms with Crippen LogP contribution in [0.4, 0.5) is 0 Å². The molecule has 0 spiro atoms. The first-order valence-electron chi connectivity index (χ1n) is 5.18. The molecule has 0 fully saturated rings. The molecule has 2 rings (SSSR count). The number of hydrogen-bond acceptors (Lipinski definition) is 4. The summed E-state index contributed by atoms with van der Waals surface area (Å²) >= 11 is 0. The monoisotopic (exact) mass is 232 g/mol. The van der Waals surface area contributed by atoms with Crippen LogP contribution in [0, 0.1) is 0 Å². The standard InChI is InChI=1S/C13H12O4/c1-8-5-11(14)10-6-9(13(15)16-2)3-4-12(10)17-7-8/h3-6H,7H2,1-2H3. The molecule has 4 heteroatoms. The van der Waals surface area contributed by atoms with E-state index in [-0.39, 0.29) is 5.78 Å². The molecule has 0 aliphatic carbocycles. The van der Waals surface area contributed by atoms with Gasteiger partial charge in [-0.1, -0.05) is 0 Å². The van der Waals surface area contributed by atoms with Crippen LogP contribution in [-0.4, -0.2) is 25.5 Å². The minimum atomic E-state index is -0.467. The van der Waals surface area contributed by atoms with Crippen molar-refractivity contribution in [2.75, 3.05) is 13.7 Å². The molecule has 1 heterocycles. The Kier molecular flexibility index (Phi) is 2.95. The summed E-state index contributed by atoms with van der Waals surface area (Å²) in [5.41, 5.74) is 1.59. The Bertz CT molecular complexity index is 514. The van der Waals surface area contributed by atoms with Gasteiger partial charge in [0.15, 0.2) is 5.78 Å². The molecule has 0 unspecified atom stereocenters. The van der Waals surface area contributed by atoms with Gasteiger partial charge in [0.2, 0.25) is 0 Å². The lowest BCUT2D eigenvalue weighted by Crippen LogP contribution is -2.05. The number of hydrogen-bond donors (Lipinski definition) is 0. The largest absolute Gasteiger partial charge is 0.488 e. The number of carbonyl (C=O) groups excluding carboxylic acids is 2. The summed E-state index contributed by atoms with van der Waals surface area (Å²) in [5.74, 6) is -0.123. The number of carbonyl (C=O) groups is 2. The van der Waals surface area contributed by atoms with Crippen LogP contribution >= 0.6 is 0 Å². The third kappa shape index (κ3) is 2.20. The maximum atomic E-state index is 11.9. The highest BCUT2D eigenvalue weighted by Gasteiger charge is 2.17. The molecule has 17 heavy (non-hydrogen) atoms. The van der Waals surface area contributed by atoms with Crippen LogP contribution < -0.4 is 4.74 Å². The van der Waals surface area contributed by atoms with E-state index in [1.807, 2.05) is 6.92 Å². The SMILES string of the molecule is COC(=O)c1ccc2c(c1)C(=O)C=C(C)CO2. The number of methoxy groups -OCH3 is 1. The van der Waals surface area contributed by atoms with Gasteiger partial charge in [0.1, 0.15) is 12.4 Å². The molecular weight excluding hydrogens is 220 g/mol. The molecule has 0 saturated heterocycles. The van der Waals surface area contributed by atoms with E-state index in [1.54, 1.807) is 12.1 Å². The van der Waals surface area contributed by atoms with Crippen LogP contribution in [0.5, 0.6) is 5.75 Å². The van der Waals surface area contributed by atoms with Crippen molar-refractivity contribution < 1.29 is 19.1 Å². The van der Waals surface area contributed by atoms with Crippen LogP contribution in [0.25, 0.3) is 0 Å². The van der Waals surface area contributed by atoms with Gasteiger partial charge >= 0.3 is 5.97 Å². The Morgan fingerprint density at radius 3 is 2.88 bits per heavy atom. The fourth-order valence-electron chi connectivity index (χ4n) is 1.63. The highest BCUT2D eigenvalue weighted by Crippen LogP contribution is 2.24. The number of benzene rings is 1. The van der Waals surface area contributed by atoms with E-state index < -0.39 is 5.97 Å². The highest BCUT2D eigenvalue weighted by atomic mass is 16.5. The van der Waals surface area contributed by atoms with Crippen molar-refractivity contribution in [1.82, 2.24) is 0 Å². The van der Waals surface area contributed by atoms with Gasteiger partial charge in [-0.15, -0.1) is 0 Å². The molecule has 1 aromatic carbocycles. The fourth-order valence-corrected chi connectivity index (χ4v) is 1.63. The van der Waals surface area contributed by atoms with E-state index in [4.69, 9.17) is 4.74 Å². The zero-order valence-electron chi connectivity index (χ0n) is 9.65. The van der Waals surface area contributed by atoms with E-state index in [2.05, 4.69) is 4.74 Å². The van der Waals surface area contributed by atoms with Crippen molar-refractivity contribution in [1.29, 1.82) is 0 Å². The van der Waals surface area contributed by atoms with Crippen LogP contribution in [0.3, 0.4) is 0 Å². The third-order valence-corrected chi connectivity index (χ3v) is 2.50. The van der Waals surface area contributed by atoms with Crippen LogP contribution in [-0.2, 0) is 4.74 Å². The van der Waals surface area contributed by atoms with Gasteiger partial charge in [-0.25, -0.2) is 4.79 Å². The molecule has 1 aliphatic heterocycles. The minimum Gasteiger partial charge on any atom is -0.488 e. The normalized spacial score (nSPS) is 14.2. The van der Waals surface area contributed by atoms with Crippen LogP contribution in [0.1, 0.15) is 27.6 Å². The lowest BCUT2D eigenvalue weighted by Gasteiger charge is -2.07. The van der Waals surface area contributed by atoms with Crippen molar-refractivity contribution in [3.05, 3.63) is 41.0 Å².